The minimum absolute atomic E-state index is 0.109. The van der Waals surface area contributed by atoms with Crippen LogP contribution in [-0.2, 0) is 6.42 Å². The zero-order valence-electron chi connectivity index (χ0n) is 18.7. The molecule has 6 nitrogen and oxygen atoms in total. The molecule has 0 saturated carbocycles. The van der Waals surface area contributed by atoms with Crippen molar-refractivity contribution in [2.75, 3.05) is 11.4 Å². The summed E-state index contributed by atoms with van der Waals surface area (Å²) in [6, 6.07) is 8.45. The molecule has 5 rings (SSSR count). The number of fused-ring (bicyclic) bond motifs is 1. The van der Waals surface area contributed by atoms with Crippen LogP contribution in [0.4, 0.5) is 5.82 Å². The summed E-state index contributed by atoms with van der Waals surface area (Å²) in [4.78, 5) is 7.39. The van der Waals surface area contributed by atoms with E-state index >= 15 is 0 Å². The molecule has 0 spiro atoms. The number of aromatic nitrogens is 3. The summed E-state index contributed by atoms with van der Waals surface area (Å²) >= 11 is 0. The molecule has 3 aromatic rings. The topological polar surface area (TPSA) is 77.1 Å². The Kier molecular flexibility index (Phi) is 4.59. The molecule has 0 aliphatic carbocycles. The van der Waals surface area contributed by atoms with E-state index in [1.165, 1.54) is 5.56 Å². The summed E-state index contributed by atoms with van der Waals surface area (Å²) in [7, 11) is 0. The number of aromatic amines is 1. The minimum Gasteiger partial charge on any atom is -0.507 e. The summed E-state index contributed by atoms with van der Waals surface area (Å²) in [5, 5.41) is 21.3. The number of anilines is 1. The maximum absolute atomic E-state index is 10.7. The Bertz CT molecular complexity index is 1090. The van der Waals surface area contributed by atoms with Gasteiger partial charge in [-0.3, -0.25) is 5.10 Å². The van der Waals surface area contributed by atoms with Gasteiger partial charge in [-0.15, -0.1) is 0 Å². The number of nitrogens with zero attached hydrogens (tertiary/aromatic N) is 3. The number of nitrogens with one attached hydrogen (secondary N) is 2. The standard InChI is InChI=1S/C25H31N5O/c1-24(2)11-20(12-25(3,4)29-24)30-8-7-17-9-18(13-26-23(17)30)21-6-5-16(10-22(21)31)19-14-27-28-15-19/h5-6,9-10,13-15,20,29,31H,7-8,11-12H2,1-4H3,(H,27,28). The summed E-state index contributed by atoms with van der Waals surface area (Å²) in [5.41, 5.74) is 5.15. The first-order chi connectivity index (χ1) is 14.7. The van der Waals surface area contributed by atoms with Crippen molar-refractivity contribution in [3.63, 3.8) is 0 Å². The van der Waals surface area contributed by atoms with Gasteiger partial charge in [0.2, 0.25) is 0 Å². The van der Waals surface area contributed by atoms with E-state index in [0.717, 1.165) is 53.9 Å². The van der Waals surface area contributed by atoms with E-state index in [1.807, 2.05) is 24.5 Å². The predicted molar refractivity (Wildman–Crippen MR) is 124 cm³/mol. The van der Waals surface area contributed by atoms with Gasteiger partial charge in [0.25, 0.3) is 0 Å². The number of pyridine rings is 1. The molecule has 6 heteroatoms. The molecular weight excluding hydrogens is 386 g/mol. The van der Waals surface area contributed by atoms with Crippen LogP contribution in [0, 0.1) is 0 Å². The van der Waals surface area contributed by atoms with Gasteiger partial charge in [-0.25, -0.2) is 4.98 Å². The molecule has 2 aliphatic heterocycles. The second kappa shape index (κ2) is 7.09. The van der Waals surface area contributed by atoms with Crippen molar-refractivity contribution < 1.29 is 5.11 Å². The molecule has 0 unspecified atom stereocenters. The van der Waals surface area contributed by atoms with Crippen LogP contribution in [-0.4, -0.2) is 44.0 Å². The van der Waals surface area contributed by atoms with Crippen molar-refractivity contribution >= 4 is 5.82 Å². The second-order valence-corrected chi connectivity index (χ2v) is 10.3. The highest BCUT2D eigenvalue weighted by Crippen LogP contribution is 2.39. The average molecular weight is 418 g/mol. The highest BCUT2D eigenvalue weighted by atomic mass is 16.3. The van der Waals surface area contributed by atoms with Crippen molar-refractivity contribution in [1.82, 2.24) is 20.5 Å². The lowest BCUT2D eigenvalue weighted by Gasteiger charge is -2.49. The number of hydrogen-bond donors (Lipinski definition) is 3. The molecule has 4 heterocycles. The van der Waals surface area contributed by atoms with Crippen molar-refractivity contribution in [2.45, 2.75) is 64.1 Å². The van der Waals surface area contributed by atoms with Crippen LogP contribution in [0.25, 0.3) is 22.3 Å². The number of rotatable bonds is 3. The Morgan fingerprint density at radius 1 is 1.00 bits per heavy atom. The Morgan fingerprint density at radius 2 is 1.77 bits per heavy atom. The normalized spacial score (nSPS) is 20.1. The van der Waals surface area contributed by atoms with Crippen LogP contribution >= 0.6 is 0 Å². The summed E-state index contributed by atoms with van der Waals surface area (Å²) in [6.07, 6.45) is 8.69. The van der Waals surface area contributed by atoms with Crippen LogP contribution in [0.2, 0.25) is 0 Å². The molecule has 1 saturated heterocycles. The number of H-pyrrole nitrogens is 1. The number of hydrogen-bond acceptors (Lipinski definition) is 5. The molecule has 0 atom stereocenters. The molecule has 1 aromatic carbocycles. The van der Waals surface area contributed by atoms with Crippen LogP contribution in [0.3, 0.4) is 0 Å². The van der Waals surface area contributed by atoms with Gasteiger partial charge in [-0.2, -0.15) is 5.10 Å². The van der Waals surface area contributed by atoms with Crippen molar-refractivity contribution in [3.05, 3.63) is 48.4 Å². The van der Waals surface area contributed by atoms with Gasteiger partial charge >= 0.3 is 0 Å². The molecule has 0 bridgehead atoms. The van der Waals surface area contributed by atoms with Gasteiger partial charge < -0.3 is 15.3 Å². The van der Waals surface area contributed by atoms with E-state index in [4.69, 9.17) is 4.98 Å². The second-order valence-electron chi connectivity index (χ2n) is 10.3. The van der Waals surface area contributed by atoms with Crippen LogP contribution in [0.5, 0.6) is 5.75 Å². The highest BCUT2D eigenvalue weighted by molar-refractivity contribution is 5.76. The van der Waals surface area contributed by atoms with Gasteiger partial charge in [0, 0.05) is 52.7 Å². The Labute approximate surface area is 183 Å². The fraction of sp³-hybridized carbons (Fsp3) is 0.440. The van der Waals surface area contributed by atoms with Crippen molar-refractivity contribution in [3.8, 4) is 28.0 Å². The molecule has 0 radical (unpaired) electrons. The smallest absolute Gasteiger partial charge is 0.132 e. The quantitative estimate of drug-likeness (QED) is 0.584. The lowest BCUT2D eigenvalue weighted by Crippen LogP contribution is -2.62. The number of piperidine rings is 1. The van der Waals surface area contributed by atoms with Gasteiger partial charge in [-0.1, -0.05) is 6.07 Å². The lowest BCUT2D eigenvalue weighted by atomic mass is 9.79. The third kappa shape index (κ3) is 3.81. The molecule has 1 fully saturated rings. The minimum atomic E-state index is 0.109. The Morgan fingerprint density at radius 3 is 2.45 bits per heavy atom. The van der Waals surface area contributed by atoms with E-state index in [0.29, 0.717) is 6.04 Å². The summed E-state index contributed by atoms with van der Waals surface area (Å²) in [6.45, 7) is 10.2. The molecule has 31 heavy (non-hydrogen) atoms. The van der Waals surface area contributed by atoms with E-state index in [9.17, 15) is 5.11 Å². The number of benzene rings is 1. The number of phenols is 1. The van der Waals surface area contributed by atoms with Crippen molar-refractivity contribution in [2.24, 2.45) is 0 Å². The summed E-state index contributed by atoms with van der Waals surface area (Å²) < 4.78 is 0. The van der Waals surface area contributed by atoms with Gasteiger partial charge in [-0.05, 0) is 76.3 Å². The van der Waals surface area contributed by atoms with E-state index < -0.39 is 0 Å². The molecule has 2 aliphatic rings. The monoisotopic (exact) mass is 417 g/mol. The maximum Gasteiger partial charge on any atom is 0.132 e. The van der Waals surface area contributed by atoms with E-state index in [1.54, 1.807) is 12.3 Å². The molecular formula is C25H31N5O. The highest BCUT2D eigenvalue weighted by Gasteiger charge is 2.41. The Hall–Kier alpha value is -2.86. The molecule has 2 aromatic heterocycles. The van der Waals surface area contributed by atoms with Crippen molar-refractivity contribution in [1.29, 1.82) is 0 Å². The van der Waals surface area contributed by atoms with E-state index in [-0.39, 0.29) is 16.8 Å². The zero-order valence-corrected chi connectivity index (χ0v) is 18.7. The van der Waals surface area contributed by atoms with E-state index in [2.05, 4.69) is 54.2 Å². The molecule has 3 N–H and O–H groups in total. The largest absolute Gasteiger partial charge is 0.507 e. The summed E-state index contributed by atoms with van der Waals surface area (Å²) in [5.74, 6) is 1.37. The average Bonchev–Trinajstić information content (AvgIpc) is 3.35. The first-order valence-electron chi connectivity index (χ1n) is 11.1. The lowest BCUT2D eigenvalue weighted by molar-refractivity contribution is 0.159. The van der Waals surface area contributed by atoms with Gasteiger partial charge in [0.15, 0.2) is 0 Å². The third-order valence-corrected chi connectivity index (χ3v) is 6.59. The zero-order chi connectivity index (χ0) is 21.8. The first-order valence-corrected chi connectivity index (χ1v) is 11.1. The SMILES string of the molecule is CC1(C)CC(N2CCc3cc(-c4ccc(-c5cn[nH]c5)cc4O)cnc32)CC(C)(C)N1. The maximum atomic E-state index is 10.7. The third-order valence-electron chi connectivity index (χ3n) is 6.59. The Balaban J connectivity index is 1.42. The van der Waals surface area contributed by atoms with Gasteiger partial charge in [0.1, 0.15) is 11.6 Å². The first kappa shape index (κ1) is 20.1. The molecule has 0 amide bonds. The van der Waals surface area contributed by atoms with Crippen LogP contribution in [0.1, 0.15) is 46.1 Å². The number of phenolic OH excluding ortho intramolecular Hbond substituents is 1. The van der Waals surface area contributed by atoms with Crippen LogP contribution < -0.4 is 10.2 Å². The fourth-order valence-corrected chi connectivity index (χ4v) is 5.65. The molecule has 162 valence electrons. The predicted octanol–water partition coefficient (Wildman–Crippen LogP) is 4.52. The van der Waals surface area contributed by atoms with Gasteiger partial charge in [0.05, 0.1) is 6.20 Å². The fourth-order valence-electron chi connectivity index (χ4n) is 5.65. The number of aromatic hydroxyl groups is 1. The van der Waals surface area contributed by atoms with Crippen LogP contribution in [0.15, 0.2) is 42.9 Å².